The largest absolute Gasteiger partial charge is 0.428 e. The zero-order valence-electron chi connectivity index (χ0n) is 10.4. The van der Waals surface area contributed by atoms with Gasteiger partial charge in [0.15, 0.2) is 0 Å². The van der Waals surface area contributed by atoms with Crippen molar-refractivity contribution >= 4 is 28.9 Å². The summed E-state index contributed by atoms with van der Waals surface area (Å²) in [5.74, 6) is -5.91. The Kier molecular flexibility index (Phi) is 5.80. The quantitative estimate of drug-likeness (QED) is 0.313. The van der Waals surface area contributed by atoms with Crippen molar-refractivity contribution in [1.29, 1.82) is 0 Å². The van der Waals surface area contributed by atoms with Crippen LogP contribution in [0.2, 0.25) is 0 Å². The molecule has 2 atom stereocenters. The number of nitrogens with one attached hydrogen (secondary N) is 1. The molecule has 1 aromatic rings. The first kappa shape index (κ1) is 19.1. The second-order valence-electron chi connectivity index (χ2n) is 3.98. The molecule has 0 aliphatic heterocycles. The normalized spacial score (nSPS) is 17.2. The van der Waals surface area contributed by atoms with Crippen molar-refractivity contribution in [2.45, 2.75) is 29.3 Å². The van der Waals surface area contributed by atoms with Crippen molar-refractivity contribution in [2.24, 2.45) is 0 Å². The smallest absolute Gasteiger partial charge is 0.341 e. The number of para-hydroxylation sites is 1. The van der Waals surface area contributed by atoms with E-state index in [0.29, 0.717) is 0 Å². The van der Waals surface area contributed by atoms with E-state index in [-0.39, 0.29) is 5.69 Å². The Balaban J connectivity index is 3.06. The minimum absolute atomic E-state index is 0.128. The lowest BCUT2D eigenvalue weighted by Gasteiger charge is -2.35. The van der Waals surface area contributed by atoms with E-state index in [0.717, 1.165) is 0 Å². The molecule has 2 unspecified atom stereocenters. The highest BCUT2D eigenvalue weighted by Crippen LogP contribution is 2.45. The average molecular weight is 374 g/mol. The van der Waals surface area contributed by atoms with Gasteiger partial charge < -0.3 is 5.32 Å². The van der Waals surface area contributed by atoms with Gasteiger partial charge in [-0.3, -0.25) is 4.74 Å². The summed E-state index contributed by atoms with van der Waals surface area (Å²) in [4.78, 5) is 0. The molecule has 0 fully saturated rings. The molecule has 22 heavy (non-hydrogen) atoms. The molecule has 0 saturated heterocycles. The van der Waals surface area contributed by atoms with Crippen molar-refractivity contribution in [3.05, 3.63) is 30.3 Å². The molecule has 126 valence electrons. The number of anilines is 1. The first-order chi connectivity index (χ1) is 9.92. The van der Waals surface area contributed by atoms with E-state index >= 15 is 0 Å². The topological polar surface area (TPSA) is 21.3 Å². The molecule has 1 aromatic carbocycles. The van der Waals surface area contributed by atoms with E-state index in [2.05, 4.69) is 4.74 Å². The minimum Gasteiger partial charge on any atom is -0.341 e. The highest BCUT2D eigenvalue weighted by atomic mass is 35.5. The minimum atomic E-state index is -5.91. The van der Waals surface area contributed by atoms with Crippen LogP contribution in [-0.2, 0) is 4.74 Å². The molecule has 0 bridgehead atoms. The van der Waals surface area contributed by atoms with Gasteiger partial charge in [-0.1, -0.05) is 41.4 Å². The fraction of sp³-hybridized carbons (Fsp3) is 0.455. The maximum absolute atomic E-state index is 13.2. The maximum Gasteiger partial charge on any atom is 0.428 e. The average Bonchev–Trinajstić information content (AvgIpc) is 2.38. The predicted molar refractivity (Wildman–Crippen MR) is 66.4 cm³/mol. The Morgan fingerprint density at radius 2 is 1.50 bits per heavy atom. The van der Waals surface area contributed by atoms with Crippen LogP contribution in [0.5, 0.6) is 0 Å². The zero-order chi connectivity index (χ0) is 17.2. The van der Waals surface area contributed by atoms with Crippen LogP contribution in [0.4, 0.5) is 36.4 Å². The van der Waals surface area contributed by atoms with Crippen LogP contribution in [0, 0.1) is 0 Å². The first-order valence-corrected chi connectivity index (χ1v) is 6.28. The molecule has 0 radical (unpaired) electrons. The van der Waals surface area contributed by atoms with Crippen LogP contribution < -0.4 is 5.32 Å². The van der Waals surface area contributed by atoms with Crippen molar-refractivity contribution in [3.63, 3.8) is 0 Å². The monoisotopic (exact) mass is 373 g/mol. The summed E-state index contributed by atoms with van der Waals surface area (Å²) in [6, 6.07) is 6.63. The summed E-state index contributed by atoms with van der Waals surface area (Å²) >= 11 is 10.2. The number of benzene rings is 1. The van der Waals surface area contributed by atoms with Crippen LogP contribution in [0.15, 0.2) is 30.3 Å². The Morgan fingerprint density at radius 1 is 1.00 bits per heavy atom. The molecule has 0 amide bonds. The van der Waals surface area contributed by atoms with Crippen LogP contribution in [0.25, 0.3) is 0 Å². The van der Waals surface area contributed by atoms with Gasteiger partial charge >= 0.3 is 18.5 Å². The third-order valence-electron chi connectivity index (χ3n) is 2.31. The Labute approximate surface area is 130 Å². The number of alkyl halides is 9. The summed E-state index contributed by atoms with van der Waals surface area (Å²) in [5.41, 5.74) is -3.11. The van der Waals surface area contributed by atoms with Gasteiger partial charge in [0, 0.05) is 5.69 Å². The van der Waals surface area contributed by atoms with Crippen molar-refractivity contribution in [1.82, 2.24) is 0 Å². The van der Waals surface area contributed by atoms with E-state index in [1.807, 2.05) is 0 Å². The van der Waals surface area contributed by atoms with E-state index < -0.39 is 29.3 Å². The van der Waals surface area contributed by atoms with E-state index in [1.165, 1.54) is 30.3 Å². The Bertz CT molecular complexity index is 489. The molecular weight excluding hydrogens is 366 g/mol. The van der Waals surface area contributed by atoms with Crippen molar-refractivity contribution in [3.8, 4) is 0 Å². The van der Waals surface area contributed by atoms with Gasteiger partial charge in [-0.25, -0.2) is 13.2 Å². The number of hydrogen-bond acceptors (Lipinski definition) is 2. The second kappa shape index (κ2) is 6.67. The van der Waals surface area contributed by atoms with E-state index in [1.54, 1.807) is 5.32 Å². The maximum atomic E-state index is 13.2. The van der Waals surface area contributed by atoms with Crippen molar-refractivity contribution < 1.29 is 35.5 Å². The Morgan fingerprint density at radius 3 is 1.91 bits per heavy atom. The zero-order valence-corrected chi connectivity index (χ0v) is 11.9. The summed E-state index contributed by atoms with van der Waals surface area (Å²) in [5, 5.41) is -1.61. The molecule has 0 aliphatic carbocycles. The summed E-state index contributed by atoms with van der Waals surface area (Å²) in [7, 11) is 0. The molecule has 0 aromatic heterocycles. The third kappa shape index (κ3) is 4.08. The molecule has 2 nitrogen and oxygen atoms in total. The summed E-state index contributed by atoms with van der Waals surface area (Å²) in [6.07, 6.45) is -10.6. The van der Waals surface area contributed by atoms with Crippen LogP contribution in [0.3, 0.4) is 0 Å². The molecule has 0 spiro atoms. The number of hydrogen-bond donors (Lipinski definition) is 1. The lowest BCUT2D eigenvalue weighted by Crippen LogP contribution is -2.56. The lowest BCUT2D eigenvalue weighted by atomic mass is 10.3. The SMILES string of the molecule is FC(Cl)C(Cl)(Nc1ccccc1)OC(F)(F)C(F)(F)C(F)F. The number of ether oxygens (including phenoxy) is 1. The van der Waals surface area contributed by atoms with Crippen molar-refractivity contribution in [2.75, 3.05) is 5.32 Å². The van der Waals surface area contributed by atoms with Gasteiger partial charge in [0.25, 0.3) is 5.18 Å². The molecule has 1 rings (SSSR count). The summed E-state index contributed by atoms with van der Waals surface area (Å²) in [6.45, 7) is 0. The molecule has 11 heteroatoms. The molecule has 0 heterocycles. The Hall–Kier alpha value is -0.930. The van der Waals surface area contributed by atoms with Gasteiger partial charge in [-0.15, -0.1) is 0 Å². The molecule has 0 saturated carbocycles. The van der Waals surface area contributed by atoms with Crippen LogP contribution >= 0.6 is 23.2 Å². The van der Waals surface area contributed by atoms with E-state index in [9.17, 15) is 30.7 Å². The number of halogens is 9. The van der Waals surface area contributed by atoms with Gasteiger partial charge in [-0.05, 0) is 12.1 Å². The second-order valence-corrected chi connectivity index (χ2v) is 4.92. The summed E-state index contributed by atoms with van der Waals surface area (Å²) < 4.78 is 92.6. The van der Waals surface area contributed by atoms with Gasteiger partial charge in [0.1, 0.15) is 0 Å². The lowest BCUT2D eigenvalue weighted by molar-refractivity contribution is -0.390. The number of rotatable bonds is 7. The van der Waals surface area contributed by atoms with Gasteiger partial charge in [0.05, 0.1) is 0 Å². The fourth-order valence-electron chi connectivity index (χ4n) is 1.22. The first-order valence-electron chi connectivity index (χ1n) is 5.46. The van der Waals surface area contributed by atoms with Gasteiger partial charge in [-0.2, -0.15) is 17.6 Å². The van der Waals surface area contributed by atoms with Crippen LogP contribution in [0.1, 0.15) is 0 Å². The fourth-order valence-corrected chi connectivity index (χ4v) is 1.53. The van der Waals surface area contributed by atoms with E-state index in [4.69, 9.17) is 23.2 Å². The van der Waals surface area contributed by atoms with Crippen LogP contribution in [-0.4, -0.2) is 29.3 Å². The third-order valence-corrected chi connectivity index (χ3v) is 3.09. The molecule has 0 aliphatic rings. The molecular formula is C11H8Cl2F7NO. The standard InChI is InChI=1S/C11H8Cl2F7NO/c12-7(14)10(13,21-6-4-2-1-3-5-6)22-11(19,20)9(17,18)8(15)16/h1-5,7-8,21H. The predicted octanol–water partition coefficient (Wildman–Crippen LogP) is 5.04. The highest BCUT2D eigenvalue weighted by molar-refractivity contribution is 6.31. The van der Waals surface area contributed by atoms with Gasteiger partial charge in [0.2, 0.25) is 5.63 Å². The molecule has 1 N–H and O–H groups in total. The highest BCUT2D eigenvalue weighted by Gasteiger charge is 2.68.